The highest BCUT2D eigenvalue weighted by Gasteiger charge is 2.16. The van der Waals surface area contributed by atoms with Crippen LogP contribution in [0.15, 0.2) is 41.9 Å². The molecule has 1 aromatic carbocycles. The molecule has 0 aliphatic carbocycles. The Bertz CT molecular complexity index is 749. The van der Waals surface area contributed by atoms with Crippen LogP contribution in [0.3, 0.4) is 0 Å². The van der Waals surface area contributed by atoms with Gasteiger partial charge in [-0.2, -0.15) is 0 Å². The van der Waals surface area contributed by atoms with Crippen molar-refractivity contribution in [2.75, 3.05) is 6.54 Å². The Labute approximate surface area is 126 Å². The number of hydrogen-bond donors (Lipinski definition) is 1. The highest BCUT2D eigenvalue weighted by molar-refractivity contribution is 7.15. The summed E-state index contributed by atoms with van der Waals surface area (Å²) < 4.78 is 7.22. The van der Waals surface area contributed by atoms with Gasteiger partial charge in [0.2, 0.25) is 0 Å². The predicted octanol–water partition coefficient (Wildman–Crippen LogP) is 3.31. The van der Waals surface area contributed by atoms with Crippen molar-refractivity contribution in [3.63, 3.8) is 0 Å². The second-order valence-corrected chi connectivity index (χ2v) is 5.31. The number of nitrogens with zero attached hydrogens (tertiary/aromatic N) is 2. The average molecular weight is 301 g/mol. The summed E-state index contributed by atoms with van der Waals surface area (Å²) in [4.78, 5) is 17.0. The van der Waals surface area contributed by atoms with Crippen LogP contribution in [0, 0.1) is 0 Å². The fraction of sp³-hybridized carbons (Fsp3) is 0.200. The maximum atomic E-state index is 11.5. The summed E-state index contributed by atoms with van der Waals surface area (Å²) >= 11 is 1.56. The minimum absolute atomic E-state index is 0.188. The van der Waals surface area contributed by atoms with Gasteiger partial charge in [0.25, 0.3) is 0 Å². The molecule has 5 nitrogen and oxygen atoms in total. The zero-order valence-electron chi connectivity index (χ0n) is 11.6. The van der Waals surface area contributed by atoms with Crippen molar-refractivity contribution in [2.45, 2.75) is 13.5 Å². The van der Waals surface area contributed by atoms with E-state index in [4.69, 9.17) is 4.74 Å². The van der Waals surface area contributed by atoms with Gasteiger partial charge in [-0.1, -0.05) is 30.3 Å². The number of alkyl carbamates (subject to hydrolysis) is 1. The van der Waals surface area contributed by atoms with Crippen molar-refractivity contribution in [1.82, 2.24) is 14.7 Å². The van der Waals surface area contributed by atoms with Gasteiger partial charge in [-0.15, -0.1) is 11.3 Å². The Morgan fingerprint density at radius 1 is 1.38 bits per heavy atom. The molecule has 0 saturated heterocycles. The first kappa shape index (κ1) is 13.6. The van der Waals surface area contributed by atoms with E-state index in [2.05, 4.69) is 10.3 Å². The first-order valence-corrected chi connectivity index (χ1v) is 7.58. The number of carbonyl (C=O) groups excluding carboxylic acids is 1. The fourth-order valence-corrected chi connectivity index (χ4v) is 2.86. The largest absolute Gasteiger partial charge is 0.443 e. The molecule has 2 aromatic heterocycles. The lowest BCUT2D eigenvalue weighted by Crippen LogP contribution is -2.23. The van der Waals surface area contributed by atoms with Crippen LogP contribution in [0.5, 0.6) is 0 Å². The van der Waals surface area contributed by atoms with E-state index in [1.165, 1.54) is 0 Å². The smallest absolute Gasteiger partial charge is 0.407 e. The Balaban J connectivity index is 1.95. The van der Waals surface area contributed by atoms with Crippen LogP contribution >= 0.6 is 11.3 Å². The van der Waals surface area contributed by atoms with Crippen LogP contribution < -0.4 is 5.32 Å². The molecule has 1 N–H and O–H groups in total. The zero-order valence-corrected chi connectivity index (χ0v) is 12.4. The molecule has 0 aliphatic heterocycles. The summed E-state index contributed by atoms with van der Waals surface area (Å²) in [6, 6.07) is 9.91. The molecule has 2 heterocycles. The number of benzene rings is 1. The molecule has 21 heavy (non-hydrogen) atoms. The molecule has 0 unspecified atom stereocenters. The van der Waals surface area contributed by atoms with Gasteiger partial charge in [0.15, 0.2) is 4.96 Å². The Kier molecular flexibility index (Phi) is 3.87. The molecule has 1 amide bonds. The molecule has 0 radical (unpaired) electrons. The Hall–Kier alpha value is -2.34. The maximum Gasteiger partial charge on any atom is 0.407 e. The van der Waals surface area contributed by atoms with Gasteiger partial charge in [0.05, 0.1) is 11.4 Å². The fourth-order valence-electron chi connectivity index (χ4n) is 2.13. The van der Waals surface area contributed by atoms with Crippen LogP contribution in [0.25, 0.3) is 16.2 Å². The highest BCUT2D eigenvalue weighted by Crippen LogP contribution is 2.27. The van der Waals surface area contributed by atoms with Gasteiger partial charge < -0.3 is 10.1 Å². The molecule has 0 saturated carbocycles. The van der Waals surface area contributed by atoms with Crippen LogP contribution in [0.1, 0.15) is 12.6 Å². The maximum absolute atomic E-state index is 11.5. The molecule has 3 rings (SSSR count). The van der Waals surface area contributed by atoms with Gasteiger partial charge in [-0.3, -0.25) is 4.40 Å². The number of nitrogens with one attached hydrogen (secondary N) is 1. The van der Waals surface area contributed by atoms with Crippen molar-refractivity contribution < 1.29 is 9.53 Å². The van der Waals surface area contributed by atoms with Crippen LogP contribution in [0.2, 0.25) is 0 Å². The van der Waals surface area contributed by atoms with E-state index in [1.54, 1.807) is 11.3 Å². The molecule has 108 valence electrons. The molecule has 0 aliphatic rings. The second kappa shape index (κ2) is 5.97. The van der Waals surface area contributed by atoms with E-state index in [0.717, 1.165) is 21.9 Å². The van der Waals surface area contributed by atoms with Gasteiger partial charge in [0.1, 0.15) is 6.61 Å². The zero-order chi connectivity index (χ0) is 14.7. The van der Waals surface area contributed by atoms with Crippen molar-refractivity contribution in [3.05, 3.63) is 47.6 Å². The number of hydrogen-bond acceptors (Lipinski definition) is 4. The number of fused-ring (bicyclic) bond motifs is 1. The molecule has 0 bridgehead atoms. The Morgan fingerprint density at radius 3 is 2.95 bits per heavy atom. The monoisotopic (exact) mass is 301 g/mol. The molecule has 6 heteroatoms. The molecule has 0 fully saturated rings. The lowest BCUT2D eigenvalue weighted by molar-refractivity contribution is 0.139. The van der Waals surface area contributed by atoms with Crippen LogP contribution in [-0.2, 0) is 11.3 Å². The van der Waals surface area contributed by atoms with Gasteiger partial charge in [-0.05, 0) is 6.92 Å². The number of ether oxygens (including phenoxy) is 1. The summed E-state index contributed by atoms with van der Waals surface area (Å²) in [7, 11) is 0. The second-order valence-electron chi connectivity index (χ2n) is 4.44. The van der Waals surface area contributed by atoms with E-state index < -0.39 is 6.09 Å². The summed E-state index contributed by atoms with van der Waals surface area (Å²) in [5.41, 5.74) is 2.75. The third-order valence-corrected chi connectivity index (χ3v) is 3.83. The van der Waals surface area contributed by atoms with E-state index in [-0.39, 0.29) is 6.61 Å². The van der Waals surface area contributed by atoms with Gasteiger partial charge >= 0.3 is 6.09 Å². The molecule has 0 spiro atoms. The number of amides is 1. The first-order valence-electron chi connectivity index (χ1n) is 6.70. The lowest BCUT2D eigenvalue weighted by atomic mass is 10.1. The molecule has 3 aromatic rings. The van der Waals surface area contributed by atoms with Crippen molar-refractivity contribution in [3.8, 4) is 11.3 Å². The number of carbonyl (C=O) groups is 1. The summed E-state index contributed by atoms with van der Waals surface area (Å²) in [6.45, 7) is 2.59. The first-order chi connectivity index (χ1) is 10.3. The number of thiazole rings is 1. The number of imidazole rings is 1. The predicted molar refractivity (Wildman–Crippen MR) is 82.4 cm³/mol. The molecular weight excluding hydrogens is 286 g/mol. The minimum atomic E-state index is -0.415. The highest BCUT2D eigenvalue weighted by atomic mass is 32.1. The van der Waals surface area contributed by atoms with E-state index in [1.807, 2.05) is 53.2 Å². The van der Waals surface area contributed by atoms with Gasteiger partial charge in [0, 0.05) is 23.7 Å². The quantitative estimate of drug-likeness (QED) is 0.804. The van der Waals surface area contributed by atoms with Crippen LogP contribution in [-0.4, -0.2) is 22.0 Å². The normalized spacial score (nSPS) is 10.7. The van der Waals surface area contributed by atoms with Crippen LogP contribution in [0.4, 0.5) is 4.79 Å². The third-order valence-electron chi connectivity index (χ3n) is 3.07. The average Bonchev–Trinajstić information content (AvgIpc) is 3.07. The topological polar surface area (TPSA) is 55.6 Å². The SMILES string of the molecule is CCNC(=O)OCc1c(-c2ccccc2)nc2sccn12. The number of rotatable bonds is 4. The standard InChI is InChI=1S/C15H15N3O2S/c1-2-16-15(19)20-10-12-13(11-6-4-3-5-7-11)17-14-18(12)8-9-21-14/h3-9H,2,10H2,1H3,(H,16,19). The minimum Gasteiger partial charge on any atom is -0.443 e. The van der Waals surface area contributed by atoms with E-state index in [9.17, 15) is 4.79 Å². The summed E-state index contributed by atoms with van der Waals surface area (Å²) in [5, 5.41) is 4.59. The molecule has 0 atom stereocenters. The van der Waals surface area contributed by atoms with Crippen molar-refractivity contribution in [2.24, 2.45) is 0 Å². The Morgan fingerprint density at radius 2 is 2.19 bits per heavy atom. The van der Waals surface area contributed by atoms with Gasteiger partial charge in [-0.25, -0.2) is 9.78 Å². The third kappa shape index (κ3) is 2.75. The molecular formula is C15H15N3O2S. The summed E-state index contributed by atoms with van der Waals surface area (Å²) in [6.07, 6.45) is 1.53. The van der Waals surface area contributed by atoms with Crippen molar-refractivity contribution >= 4 is 22.4 Å². The van der Waals surface area contributed by atoms with Crippen molar-refractivity contribution in [1.29, 1.82) is 0 Å². The summed E-state index contributed by atoms with van der Waals surface area (Å²) in [5.74, 6) is 0. The number of aromatic nitrogens is 2. The lowest BCUT2D eigenvalue weighted by Gasteiger charge is -2.07. The van der Waals surface area contributed by atoms with E-state index in [0.29, 0.717) is 6.54 Å². The van der Waals surface area contributed by atoms with E-state index >= 15 is 0 Å².